The average Bonchev–Trinajstić information content (AvgIpc) is 2.48. The number of hydrogen-bond acceptors (Lipinski definition) is 3. The zero-order chi connectivity index (χ0) is 12.4. The molecule has 1 amide bonds. The van der Waals surface area contributed by atoms with Gasteiger partial charge in [-0.15, -0.1) is 0 Å². The van der Waals surface area contributed by atoms with Gasteiger partial charge in [0.1, 0.15) is 5.69 Å². The van der Waals surface area contributed by atoms with Gasteiger partial charge in [-0.1, -0.05) is 11.6 Å². The molecule has 1 aromatic rings. The van der Waals surface area contributed by atoms with Crippen LogP contribution < -0.4 is 10.9 Å². The van der Waals surface area contributed by atoms with Crippen LogP contribution in [0.15, 0.2) is 15.3 Å². The van der Waals surface area contributed by atoms with E-state index >= 15 is 0 Å². The Labute approximate surface area is 112 Å². The molecule has 0 aromatic carbocycles. The summed E-state index contributed by atoms with van der Waals surface area (Å²) >= 11 is 8.07. The van der Waals surface area contributed by atoms with Gasteiger partial charge in [-0.05, 0) is 33.2 Å². The fraction of sp³-hybridized carbons (Fsp3) is 0.333. The average molecular weight is 338 g/mol. The summed E-state index contributed by atoms with van der Waals surface area (Å²) in [5.41, 5.74) is -1.03. The van der Waals surface area contributed by atoms with E-state index in [0.29, 0.717) is 4.47 Å². The van der Waals surface area contributed by atoms with Crippen LogP contribution in [0.5, 0.6) is 0 Å². The summed E-state index contributed by atoms with van der Waals surface area (Å²) in [4.78, 5) is 23.8. The highest BCUT2D eigenvalue weighted by Crippen LogP contribution is 2.36. The monoisotopic (exact) mass is 336 g/mol. The van der Waals surface area contributed by atoms with Gasteiger partial charge in [-0.3, -0.25) is 14.2 Å². The van der Waals surface area contributed by atoms with Crippen LogP contribution in [0, 0.1) is 0 Å². The molecule has 2 aliphatic heterocycles. The maximum atomic E-state index is 12.0. The van der Waals surface area contributed by atoms with Gasteiger partial charge in [-0.25, -0.2) is 0 Å². The third-order valence-corrected chi connectivity index (χ3v) is 5.35. The van der Waals surface area contributed by atoms with Crippen molar-refractivity contribution in [3.63, 3.8) is 0 Å². The highest BCUT2D eigenvalue weighted by Gasteiger charge is 2.57. The Kier molecular flexibility index (Phi) is 2.39. The van der Waals surface area contributed by atoms with Gasteiger partial charge in [0.2, 0.25) is 5.66 Å². The second-order valence-corrected chi connectivity index (χ2v) is 6.76. The number of nitrogens with zero attached hydrogens (tertiary/aromatic N) is 1. The number of fused-ring (bicyclic) bond motifs is 2. The van der Waals surface area contributed by atoms with Crippen molar-refractivity contribution in [2.75, 3.05) is 11.5 Å². The van der Waals surface area contributed by atoms with E-state index in [1.807, 2.05) is 0 Å². The molecule has 90 valence electrons. The SMILES string of the molecule is O=C1NC2(C[S+]([O-])C2)n2c1c(Cl)cc(Br)c2=O. The molecule has 3 heterocycles. The molecular formula is C9H6BrClN2O3S. The zero-order valence-electron chi connectivity index (χ0n) is 8.33. The predicted octanol–water partition coefficient (Wildman–Crippen LogP) is 0.423. The number of pyridine rings is 1. The number of hydrogen-bond donors (Lipinski definition) is 1. The maximum Gasteiger partial charge on any atom is 0.271 e. The lowest BCUT2D eigenvalue weighted by molar-refractivity contribution is 0.0931. The summed E-state index contributed by atoms with van der Waals surface area (Å²) in [6.07, 6.45) is 0. The first kappa shape index (κ1) is 11.6. The second kappa shape index (κ2) is 3.50. The van der Waals surface area contributed by atoms with Crippen LogP contribution in [0.25, 0.3) is 0 Å². The van der Waals surface area contributed by atoms with Crippen LogP contribution in [0.1, 0.15) is 10.5 Å². The fourth-order valence-electron chi connectivity index (χ4n) is 2.19. The van der Waals surface area contributed by atoms with E-state index < -0.39 is 22.7 Å². The lowest BCUT2D eigenvalue weighted by atomic mass is 10.2. The van der Waals surface area contributed by atoms with Gasteiger partial charge >= 0.3 is 0 Å². The van der Waals surface area contributed by atoms with Gasteiger partial charge in [0.25, 0.3) is 11.5 Å². The molecule has 0 unspecified atom stereocenters. The molecule has 8 heteroatoms. The predicted molar refractivity (Wildman–Crippen MR) is 66.7 cm³/mol. The minimum Gasteiger partial charge on any atom is -0.616 e. The summed E-state index contributed by atoms with van der Waals surface area (Å²) in [7, 11) is 0. The van der Waals surface area contributed by atoms with Crippen molar-refractivity contribution in [1.29, 1.82) is 0 Å². The molecule has 1 fully saturated rings. The van der Waals surface area contributed by atoms with Gasteiger partial charge in [0.15, 0.2) is 11.5 Å². The van der Waals surface area contributed by atoms with Crippen molar-refractivity contribution in [2.24, 2.45) is 0 Å². The Balaban J connectivity index is 2.30. The Bertz CT molecular complexity index is 597. The van der Waals surface area contributed by atoms with Gasteiger partial charge < -0.3 is 9.87 Å². The van der Waals surface area contributed by atoms with Gasteiger partial charge in [-0.2, -0.15) is 0 Å². The third kappa shape index (κ3) is 1.43. The summed E-state index contributed by atoms with van der Waals surface area (Å²) in [5.74, 6) is 0.105. The van der Waals surface area contributed by atoms with E-state index in [2.05, 4.69) is 21.2 Å². The molecule has 0 atom stereocenters. The molecule has 0 saturated carbocycles. The van der Waals surface area contributed by atoms with Crippen LogP contribution in [-0.4, -0.2) is 26.5 Å². The minimum atomic E-state index is -0.998. The third-order valence-electron chi connectivity index (χ3n) is 2.90. The topological polar surface area (TPSA) is 74.2 Å². The molecule has 1 saturated heterocycles. The first-order valence-electron chi connectivity index (χ1n) is 4.74. The Hall–Kier alpha value is -0.500. The van der Waals surface area contributed by atoms with Crippen LogP contribution in [0.3, 0.4) is 0 Å². The number of halogens is 2. The number of amides is 1. The fourth-order valence-corrected chi connectivity index (χ4v) is 4.39. The van der Waals surface area contributed by atoms with E-state index in [1.54, 1.807) is 0 Å². The molecule has 17 heavy (non-hydrogen) atoms. The molecule has 1 spiro atoms. The van der Waals surface area contributed by atoms with Crippen LogP contribution in [0.2, 0.25) is 5.02 Å². The van der Waals surface area contributed by atoms with Crippen molar-refractivity contribution < 1.29 is 9.35 Å². The molecule has 3 rings (SSSR count). The van der Waals surface area contributed by atoms with Crippen LogP contribution >= 0.6 is 27.5 Å². The van der Waals surface area contributed by atoms with E-state index in [1.165, 1.54) is 10.6 Å². The molecule has 5 nitrogen and oxygen atoms in total. The largest absolute Gasteiger partial charge is 0.616 e. The van der Waals surface area contributed by atoms with E-state index in [4.69, 9.17) is 11.6 Å². The zero-order valence-corrected chi connectivity index (χ0v) is 11.5. The van der Waals surface area contributed by atoms with Gasteiger partial charge in [0, 0.05) is 0 Å². The molecule has 1 N–H and O–H groups in total. The normalized spacial score (nSPS) is 30.1. The summed E-state index contributed by atoms with van der Waals surface area (Å²) in [5, 5.41) is 2.91. The molecule has 1 aromatic heterocycles. The van der Waals surface area contributed by atoms with Crippen molar-refractivity contribution >= 4 is 44.6 Å². The van der Waals surface area contributed by atoms with Crippen molar-refractivity contribution in [2.45, 2.75) is 5.66 Å². The maximum absolute atomic E-state index is 12.0. The van der Waals surface area contributed by atoms with E-state index in [9.17, 15) is 14.1 Å². The Morgan fingerprint density at radius 3 is 2.76 bits per heavy atom. The van der Waals surface area contributed by atoms with Crippen LogP contribution in [0.4, 0.5) is 0 Å². The number of carbonyl (C=O) groups is 1. The number of rotatable bonds is 0. The van der Waals surface area contributed by atoms with Crippen LogP contribution in [-0.2, 0) is 16.8 Å². The van der Waals surface area contributed by atoms with E-state index in [0.717, 1.165) is 0 Å². The highest BCUT2D eigenvalue weighted by atomic mass is 79.9. The highest BCUT2D eigenvalue weighted by molar-refractivity contribution is 9.10. The molecule has 2 aliphatic rings. The van der Waals surface area contributed by atoms with Crippen molar-refractivity contribution in [1.82, 2.24) is 9.88 Å². The van der Waals surface area contributed by atoms with Crippen molar-refractivity contribution in [3.8, 4) is 0 Å². The number of carbonyl (C=O) groups excluding carboxylic acids is 1. The summed E-state index contributed by atoms with van der Waals surface area (Å²) in [6.45, 7) is 0. The second-order valence-electron chi connectivity index (χ2n) is 4.04. The van der Waals surface area contributed by atoms with E-state index in [-0.39, 0.29) is 27.8 Å². The minimum absolute atomic E-state index is 0.150. The molecule has 0 bridgehead atoms. The number of nitrogens with one attached hydrogen (secondary N) is 1. The lowest BCUT2D eigenvalue weighted by Gasteiger charge is -2.39. The van der Waals surface area contributed by atoms with Gasteiger partial charge in [0.05, 0.1) is 9.50 Å². The quantitative estimate of drug-likeness (QED) is 0.697. The summed E-state index contributed by atoms with van der Waals surface area (Å²) in [6, 6.07) is 1.41. The Morgan fingerprint density at radius 1 is 1.53 bits per heavy atom. The number of aromatic nitrogens is 1. The molecular weight excluding hydrogens is 332 g/mol. The molecule has 0 radical (unpaired) electrons. The lowest BCUT2D eigenvalue weighted by Crippen LogP contribution is -2.64. The smallest absolute Gasteiger partial charge is 0.271 e. The first-order chi connectivity index (χ1) is 7.94. The van der Waals surface area contributed by atoms with Crippen molar-refractivity contribution in [3.05, 3.63) is 31.6 Å². The first-order valence-corrected chi connectivity index (χ1v) is 7.39. The Morgan fingerprint density at radius 2 is 2.18 bits per heavy atom. The summed E-state index contributed by atoms with van der Waals surface area (Å²) < 4.78 is 12.9. The standard InChI is InChI=1S/C9H6BrClN2O3S/c10-4-1-5(11)6-7(14)12-9(2-17(16)3-9)13(6)8(4)15/h1H,2-3H2,(H,12,14). The molecule has 0 aliphatic carbocycles.